The van der Waals surface area contributed by atoms with Gasteiger partial charge in [0.15, 0.2) is 0 Å². The van der Waals surface area contributed by atoms with E-state index in [9.17, 15) is 9.18 Å². The Morgan fingerprint density at radius 3 is 2.75 bits per heavy atom. The molecule has 0 bridgehead atoms. The lowest BCUT2D eigenvalue weighted by molar-refractivity contribution is -0.143. The maximum Gasteiger partial charge on any atom is 0.249 e. The Balaban J connectivity index is 1.57. The fraction of sp³-hybridized carbons (Fsp3) is 0.737. The molecule has 5 heteroatoms. The molecule has 0 radical (unpaired) electrons. The summed E-state index contributed by atoms with van der Waals surface area (Å²) in [5.41, 5.74) is 0. The number of nitrogens with zero attached hydrogens (tertiary/aromatic N) is 1. The molecule has 2 aliphatic rings. The van der Waals surface area contributed by atoms with Gasteiger partial charge in [0.1, 0.15) is 12.8 Å². The number of alkyl halides is 1. The number of amides is 1. The third kappa shape index (κ3) is 5.03. The van der Waals surface area contributed by atoms with Gasteiger partial charge >= 0.3 is 0 Å². The predicted molar refractivity (Wildman–Crippen MR) is 94.8 cm³/mol. The first-order chi connectivity index (χ1) is 11.7. The van der Waals surface area contributed by atoms with Crippen LogP contribution in [0.2, 0.25) is 0 Å². The molecule has 3 nitrogen and oxygen atoms in total. The van der Waals surface area contributed by atoms with E-state index in [2.05, 4.69) is 11.4 Å². The fourth-order valence-electron chi connectivity index (χ4n) is 3.90. The zero-order chi connectivity index (χ0) is 16.8. The van der Waals surface area contributed by atoms with E-state index in [-0.39, 0.29) is 18.6 Å². The number of hydrogen-bond acceptors (Lipinski definition) is 3. The maximum atomic E-state index is 13.5. The van der Waals surface area contributed by atoms with Gasteiger partial charge in [0.05, 0.1) is 12.6 Å². The summed E-state index contributed by atoms with van der Waals surface area (Å²) in [4.78, 5) is 16.0. The van der Waals surface area contributed by atoms with E-state index >= 15 is 0 Å². The van der Waals surface area contributed by atoms with Crippen molar-refractivity contribution in [1.82, 2.24) is 4.90 Å². The van der Waals surface area contributed by atoms with Gasteiger partial charge in [-0.15, -0.1) is 11.3 Å². The molecular weight excluding hydrogens is 325 g/mol. The average molecular weight is 354 g/mol. The van der Waals surface area contributed by atoms with E-state index in [1.807, 2.05) is 11.0 Å². The second-order valence-electron chi connectivity index (χ2n) is 7.09. The molecule has 0 saturated heterocycles. The van der Waals surface area contributed by atoms with Crippen LogP contribution < -0.4 is 0 Å². The van der Waals surface area contributed by atoms with Gasteiger partial charge in [-0.2, -0.15) is 0 Å². The normalized spacial score (nSPS) is 25.5. The number of halogens is 1. The number of carbonyl (C=O) groups is 1. The van der Waals surface area contributed by atoms with Gasteiger partial charge in [0.2, 0.25) is 5.91 Å². The molecular formula is C19H28FNO2S. The summed E-state index contributed by atoms with van der Waals surface area (Å²) in [7, 11) is 0. The van der Waals surface area contributed by atoms with Crippen LogP contribution in [0.3, 0.4) is 0 Å². The lowest BCUT2D eigenvalue weighted by Crippen LogP contribution is -2.43. The molecule has 134 valence electrons. The highest BCUT2D eigenvalue weighted by Gasteiger charge is 2.28. The van der Waals surface area contributed by atoms with Crippen LogP contribution in [0.15, 0.2) is 17.5 Å². The maximum absolute atomic E-state index is 13.5. The van der Waals surface area contributed by atoms with Gasteiger partial charge in [0, 0.05) is 17.3 Å². The summed E-state index contributed by atoms with van der Waals surface area (Å²) in [6, 6.07) is 4.45. The van der Waals surface area contributed by atoms with Crippen molar-refractivity contribution in [2.24, 2.45) is 0 Å². The van der Waals surface area contributed by atoms with Crippen LogP contribution >= 0.6 is 11.3 Å². The molecule has 0 N–H and O–H groups in total. The highest BCUT2D eigenvalue weighted by molar-refractivity contribution is 7.09. The first-order valence-electron chi connectivity index (χ1n) is 9.30. The zero-order valence-corrected chi connectivity index (χ0v) is 15.1. The zero-order valence-electron chi connectivity index (χ0n) is 14.3. The average Bonchev–Trinajstić information content (AvgIpc) is 3.12. The Bertz CT molecular complexity index is 501. The summed E-state index contributed by atoms with van der Waals surface area (Å²) >= 11 is 1.69. The molecule has 24 heavy (non-hydrogen) atoms. The topological polar surface area (TPSA) is 29.5 Å². The van der Waals surface area contributed by atoms with Crippen LogP contribution in [0.1, 0.15) is 62.7 Å². The molecule has 2 atom stereocenters. The Morgan fingerprint density at radius 1 is 1.21 bits per heavy atom. The predicted octanol–water partition coefficient (Wildman–Crippen LogP) is 4.71. The third-order valence-corrected chi connectivity index (χ3v) is 6.11. The Hall–Kier alpha value is -0.940. The molecule has 0 aliphatic heterocycles. The largest absolute Gasteiger partial charge is 0.368 e. The molecule has 2 aliphatic carbocycles. The second-order valence-corrected chi connectivity index (χ2v) is 8.12. The van der Waals surface area contributed by atoms with Crippen molar-refractivity contribution in [2.45, 2.75) is 82.6 Å². The van der Waals surface area contributed by atoms with E-state index in [1.165, 1.54) is 24.1 Å². The highest BCUT2D eigenvalue weighted by Crippen LogP contribution is 2.26. The van der Waals surface area contributed by atoms with Gasteiger partial charge in [-0.3, -0.25) is 4.79 Å². The van der Waals surface area contributed by atoms with Crippen molar-refractivity contribution in [1.29, 1.82) is 0 Å². The monoisotopic (exact) mass is 353 g/mol. The second kappa shape index (κ2) is 8.95. The van der Waals surface area contributed by atoms with E-state index in [1.54, 1.807) is 11.3 Å². The summed E-state index contributed by atoms with van der Waals surface area (Å²) in [6.07, 6.45) is 7.82. The fourth-order valence-corrected chi connectivity index (χ4v) is 4.60. The van der Waals surface area contributed by atoms with Crippen molar-refractivity contribution < 1.29 is 13.9 Å². The first kappa shape index (κ1) is 17.9. The van der Waals surface area contributed by atoms with Crippen LogP contribution in [0.5, 0.6) is 0 Å². The van der Waals surface area contributed by atoms with Gasteiger partial charge in [-0.25, -0.2) is 4.39 Å². The van der Waals surface area contributed by atoms with Crippen molar-refractivity contribution in [3.63, 3.8) is 0 Å². The van der Waals surface area contributed by atoms with E-state index in [0.29, 0.717) is 25.4 Å². The molecule has 2 fully saturated rings. The molecule has 1 amide bonds. The quantitative estimate of drug-likeness (QED) is 0.741. The van der Waals surface area contributed by atoms with Gasteiger partial charge < -0.3 is 9.64 Å². The van der Waals surface area contributed by atoms with Crippen molar-refractivity contribution >= 4 is 17.2 Å². The minimum Gasteiger partial charge on any atom is -0.368 e. The number of rotatable bonds is 6. The van der Waals surface area contributed by atoms with Crippen LogP contribution in [-0.2, 0) is 16.1 Å². The standard InChI is InChI=1S/C19H28FNO2S/c20-15-6-4-9-17(12-15)23-14-19(22)21(13-18-10-5-11-24-18)16-7-2-1-3-8-16/h5,10-11,15-17H,1-4,6-9,12-14H2. The molecule has 2 saturated carbocycles. The van der Waals surface area contributed by atoms with Gasteiger partial charge in [-0.1, -0.05) is 25.3 Å². The van der Waals surface area contributed by atoms with Gasteiger partial charge in [0.25, 0.3) is 0 Å². The van der Waals surface area contributed by atoms with Crippen molar-refractivity contribution in [3.8, 4) is 0 Å². The summed E-state index contributed by atoms with van der Waals surface area (Å²) in [6.45, 7) is 0.778. The first-order valence-corrected chi connectivity index (χ1v) is 10.2. The lowest BCUT2D eigenvalue weighted by atomic mass is 9.94. The van der Waals surface area contributed by atoms with Gasteiger partial charge in [-0.05, 0) is 43.6 Å². The molecule has 3 rings (SSSR count). The minimum absolute atomic E-state index is 0.0660. The number of hydrogen-bond donors (Lipinski definition) is 0. The summed E-state index contributed by atoms with van der Waals surface area (Å²) < 4.78 is 19.3. The SMILES string of the molecule is O=C(COC1CCCC(F)C1)N(Cc1cccs1)C1CCCCC1. The van der Waals surface area contributed by atoms with Crippen molar-refractivity contribution in [2.75, 3.05) is 6.61 Å². The number of ether oxygens (including phenoxy) is 1. The van der Waals surface area contributed by atoms with E-state index < -0.39 is 6.17 Å². The van der Waals surface area contributed by atoms with Crippen molar-refractivity contribution in [3.05, 3.63) is 22.4 Å². The third-order valence-electron chi connectivity index (χ3n) is 5.25. The van der Waals surface area contributed by atoms with E-state index in [0.717, 1.165) is 25.7 Å². The number of thiophene rings is 1. The summed E-state index contributed by atoms with van der Waals surface area (Å²) in [5.74, 6) is 0.0660. The Labute approximate surface area is 148 Å². The Morgan fingerprint density at radius 2 is 2.04 bits per heavy atom. The van der Waals surface area contributed by atoms with Crippen LogP contribution in [0.25, 0.3) is 0 Å². The van der Waals surface area contributed by atoms with Crippen LogP contribution in [0.4, 0.5) is 4.39 Å². The lowest BCUT2D eigenvalue weighted by Gasteiger charge is -2.35. The molecule has 1 heterocycles. The molecule has 0 spiro atoms. The molecule has 0 aromatic carbocycles. The van der Waals surface area contributed by atoms with E-state index in [4.69, 9.17) is 4.74 Å². The minimum atomic E-state index is -0.764. The molecule has 1 aromatic rings. The van der Waals surface area contributed by atoms with Crippen LogP contribution in [-0.4, -0.2) is 35.7 Å². The number of carbonyl (C=O) groups excluding carboxylic acids is 1. The molecule has 1 aromatic heterocycles. The van der Waals surface area contributed by atoms with Crippen LogP contribution in [0, 0.1) is 0 Å². The Kier molecular flexibility index (Phi) is 6.67. The molecule has 2 unspecified atom stereocenters. The highest BCUT2D eigenvalue weighted by atomic mass is 32.1. The summed E-state index contributed by atoms with van der Waals surface area (Å²) in [5, 5.41) is 2.05. The smallest absolute Gasteiger partial charge is 0.249 e.